The van der Waals surface area contributed by atoms with Crippen molar-refractivity contribution in [3.8, 4) is 0 Å². The molecular weight excluding hydrogens is 375 g/mol. The van der Waals surface area contributed by atoms with E-state index in [-0.39, 0.29) is 0 Å². The Labute approximate surface area is 171 Å². The van der Waals surface area contributed by atoms with E-state index < -0.39 is 13.2 Å². The first-order valence-electron chi connectivity index (χ1n) is 9.69. The van der Waals surface area contributed by atoms with Gasteiger partial charge in [0.2, 0.25) is 0 Å². The van der Waals surface area contributed by atoms with E-state index in [2.05, 4.69) is 91.0 Å². The molecule has 0 fully saturated rings. The number of carboxylic acids is 1. The zero-order valence-electron chi connectivity index (χ0n) is 16.0. The fourth-order valence-electron chi connectivity index (χ4n) is 4.05. The molecule has 0 aliphatic rings. The molecule has 144 valence electrons. The maximum atomic E-state index is 11.3. The van der Waals surface area contributed by atoms with Crippen LogP contribution >= 0.6 is 7.26 Å². The van der Waals surface area contributed by atoms with Crippen molar-refractivity contribution in [2.24, 2.45) is 0 Å². The van der Waals surface area contributed by atoms with Gasteiger partial charge in [0.05, 0.1) is 0 Å². The molecular formula is C26H23O2P. The second-order valence-electron chi connectivity index (χ2n) is 7.18. The van der Waals surface area contributed by atoms with Crippen molar-refractivity contribution in [3.63, 3.8) is 0 Å². The number of rotatable bonds is 6. The molecule has 29 heavy (non-hydrogen) atoms. The molecule has 0 aromatic heterocycles. The minimum atomic E-state index is -2.36. The number of hydrogen-bond acceptors (Lipinski definition) is 1. The topological polar surface area (TPSA) is 37.3 Å². The van der Waals surface area contributed by atoms with Crippen LogP contribution < -0.4 is 15.9 Å². The van der Waals surface area contributed by atoms with E-state index in [0.717, 1.165) is 11.7 Å². The summed E-state index contributed by atoms with van der Waals surface area (Å²) < 4.78 is 0. The van der Waals surface area contributed by atoms with E-state index in [4.69, 9.17) is 0 Å². The molecule has 1 N–H and O–H groups in total. The van der Waals surface area contributed by atoms with Crippen molar-refractivity contribution in [3.05, 3.63) is 126 Å². The molecule has 0 saturated heterocycles. The summed E-state index contributed by atoms with van der Waals surface area (Å²) in [5.41, 5.74) is 1.47. The van der Waals surface area contributed by atoms with E-state index in [1.165, 1.54) is 15.9 Å². The summed E-state index contributed by atoms with van der Waals surface area (Å²) in [6, 6.07) is 39.5. The first-order valence-corrected chi connectivity index (χ1v) is 11.9. The third-order valence-corrected chi connectivity index (χ3v) is 10.4. The van der Waals surface area contributed by atoms with Crippen molar-refractivity contribution < 1.29 is 9.90 Å². The summed E-state index contributed by atoms with van der Waals surface area (Å²) in [7, 11) is -2.36. The molecule has 0 bridgehead atoms. The van der Waals surface area contributed by atoms with E-state index in [9.17, 15) is 9.90 Å². The van der Waals surface area contributed by atoms with Crippen LogP contribution in [0.2, 0.25) is 0 Å². The van der Waals surface area contributed by atoms with Crippen LogP contribution in [0.15, 0.2) is 115 Å². The average Bonchev–Trinajstić information content (AvgIpc) is 2.79. The summed E-state index contributed by atoms with van der Waals surface area (Å²) in [6.07, 6.45) is 0.866. The summed E-state index contributed by atoms with van der Waals surface area (Å²) in [6.45, 7) is 0. The molecule has 0 atom stereocenters. The second-order valence-corrected chi connectivity index (χ2v) is 11.1. The van der Waals surface area contributed by atoms with Gasteiger partial charge >= 0.3 is 172 Å². The van der Waals surface area contributed by atoms with Crippen LogP contribution in [-0.4, -0.2) is 11.1 Å². The normalized spacial score (nSPS) is 11.7. The Morgan fingerprint density at radius 3 is 1.31 bits per heavy atom. The number of aromatic carboxylic acids is 1. The van der Waals surface area contributed by atoms with E-state index in [1.54, 1.807) is 12.1 Å². The van der Waals surface area contributed by atoms with Crippen LogP contribution in [0.25, 0.3) is 0 Å². The minimum absolute atomic E-state index is 0.320. The number of benzene rings is 4. The van der Waals surface area contributed by atoms with Gasteiger partial charge in [-0.25, -0.2) is 0 Å². The van der Waals surface area contributed by atoms with Gasteiger partial charge in [-0.2, -0.15) is 0 Å². The standard InChI is InChI=1S/C26H23O2P/c27-26(28)22-18-16-21(17-19-22)20-29(23-10-4-1-5-11-23,24-12-6-2-7-13-24)25-14-8-3-9-15-25/h1-19,29H,20H2,(H,27,28). The van der Waals surface area contributed by atoms with Gasteiger partial charge < -0.3 is 0 Å². The van der Waals surface area contributed by atoms with Gasteiger partial charge in [0.15, 0.2) is 0 Å². The van der Waals surface area contributed by atoms with Crippen molar-refractivity contribution in [2.75, 3.05) is 0 Å². The third-order valence-electron chi connectivity index (χ3n) is 5.47. The zero-order valence-corrected chi connectivity index (χ0v) is 17.0. The first kappa shape index (κ1) is 19.1. The molecule has 0 aliphatic carbocycles. The molecule has 4 rings (SSSR count). The summed E-state index contributed by atoms with van der Waals surface area (Å²) >= 11 is 0. The van der Waals surface area contributed by atoms with Gasteiger partial charge in [-0.05, 0) is 0 Å². The molecule has 2 nitrogen and oxygen atoms in total. The third kappa shape index (κ3) is 3.85. The molecule has 0 amide bonds. The van der Waals surface area contributed by atoms with Crippen LogP contribution in [-0.2, 0) is 6.16 Å². The molecule has 0 unspecified atom stereocenters. The average molecular weight is 398 g/mol. The summed E-state index contributed by atoms with van der Waals surface area (Å²) in [5.74, 6) is -0.894. The summed E-state index contributed by atoms with van der Waals surface area (Å²) in [4.78, 5) is 11.3. The van der Waals surface area contributed by atoms with Crippen molar-refractivity contribution in [2.45, 2.75) is 6.16 Å². The van der Waals surface area contributed by atoms with E-state index in [1.807, 2.05) is 12.1 Å². The quantitative estimate of drug-likeness (QED) is 0.482. The van der Waals surface area contributed by atoms with Gasteiger partial charge in [0, 0.05) is 0 Å². The molecule has 0 spiro atoms. The van der Waals surface area contributed by atoms with Crippen molar-refractivity contribution >= 4 is 29.1 Å². The van der Waals surface area contributed by atoms with E-state index >= 15 is 0 Å². The van der Waals surface area contributed by atoms with Gasteiger partial charge in [-0.15, -0.1) is 0 Å². The fourth-order valence-corrected chi connectivity index (χ4v) is 8.79. The Balaban J connectivity index is 1.93. The van der Waals surface area contributed by atoms with Crippen LogP contribution in [0.1, 0.15) is 15.9 Å². The Bertz CT molecular complexity index is 979. The first-order chi connectivity index (χ1) is 14.2. The Hall–Kier alpha value is -3.22. The molecule has 4 aromatic carbocycles. The molecule has 0 heterocycles. The molecule has 0 radical (unpaired) electrons. The summed E-state index contributed by atoms with van der Waals surface area (Å²) in [5, 5.41) is 13.3. The van der Waals surface area contributed by atoms with Crippen LogP contribution in [0.4, 0.5) is 0 Å². The SMILES string of the molecule is O=C(O)c1ccc(C[PH](c2ccccc2)(c2ccccc2)c2ccccc2)cc1. The Morgan fingerprint density at radius 2 is 0.966 bits per heavy atom. The van der Waals surface area contributed by atoms with Crippen LogP contribution in [0.5, 0.6) is 0 Å². The number of hydrogen-bond donors (Lipinski definition) is 1. The fraction of sp³-hybridized carbons (Fsp3) is 0.0385. The number of carbonyl (C=O) groups is 1. The predicted octanol–water partition coefficient (Wildman–Crippen LogP) is 4.61. The van der Waals surface area contributed by atoms with Gasteiger partial charge in [0.1, 0.15) is 0 Å². The van der Waals surface area contributed by atoms with Gasteiger partial charge in [0.25, 0.3) is 0 Å². The van der Waals surface area contributed by atoms with Crippen LogP contribution in [0, 0.1) is 0 Å². The molecule has 0 aliphatic heterocycles. The maximum absolute atomic E-state index is 11.3. The molecule has 4 aromatic rings. The van der Waals surface area contributed by atoms with Crippen LogP contribution in [0.3, 0.4) is 0 Å². The number of carboxylic acid groups (broad SMARTS) is 1. The Morgan fingerprint density at radius 1 is 0.586 bits per heavy atom. The second kappa shape index (κ2) is 8.43. The monoisotopic (exact) mass is 398 g/mol. The Kier molecular flexibility index (Phi) is 5.55. The van der Waals surface area contributed by atoms with Gasteiger partial charge in [-0.1, -0.05) is 0 Å². The van der Waals surface area contributed by atoms with E-state index in [0.29, 0.717) is 5.56 Å². The molecule has 0 saturated carbocycles. The molecule has 3 heteroatoms. The van der Waals surface area contributed by atoms with Gasteiger partial charge in [-0.3, -0.25) is 0 Å². The zero-order chi connectivity index (χ0) is 20.1. The van der Waals surface area contributed by atoms with Crippen molar-refractivity contribution in [1.29, 1.82) is 0 Å². The van der Waals surface area contributed by atoms with Crippen molar-refractivity contribution in [1.82, 2.24) is 0 Å². The predicted molar refractivity (Wildman–Crippen MR) is 124 cm³/mol.